The molecule has 1 saturated heterocycles. The van der Waals surface area contributed by atoms with E-state index in [0.29, 0.717) is 23.8 Å². The number of aromatic nitrogens is 3. The van der Waals surface area contributed by atoms with E-state index in [0.717, 1.165) is 42.7 Å². The fraction of sp³-hybridized carbons (Fsp3) is 0.333. The molecule has 32 heavy (non-hydrogen) atoms. The van der Waals surface area contributed by atoms with Gasteiger partial charge in [-0.2, -0.15) is 20.1 Å². The van der Waals surface area contributed by atoms with Crippen LogP contribution >= 0.6 is 0 Å². The molecule has 166 valence electrons. The molecule has 1 aromatic heterocycles. The van der Waals surface area contributed by atoms with Gasteiger partial charge in [-0.05, 0) is 79.6 Å². The minimum absolute atomic E-state index is 0.218. The molecule has 1 aliphatic rings. The number of hydrogen-bond acceptors (Lipinski definition) is 8. The molecule has 0 atom stereocenters. The van der Waals surface area contributed by atoms with E-state index in [4.69, 9.17) is 4.98 Å². The van der Waals surface area contributed by atoms with E-state index in [9.17, 15) is 5.11 Å². The number of phenolic OH excluding ortho intramolecular Hbond substituents is 1. The van der Waals surface area contributed by atoms with Gasteiger partial charge in [0.1, 0.15) is 5.75 Å². The van der Waals surface area contributed by atoms with Gasteiger partial charge < -0.3 is 15.3 Å². The fourth-order valence-electron chi connectivity index (χ4n) is 3.55. The minimum atomic E-state index is 0.218. The molecule has 8 heteroatoms. The summed E-state index contributed by atoms with van der Waals surface area (Å²) >= 11 is 0. The van der Waals surface area contributed by atoms with Crippen LogP contribution in [0.15, 0.2) is 47.6 Å². The second-order valence-electron chi connectivity index (χ2n) is 8.29. The molecule has 2 heterocycles. The molecule has 3 aromatic rings. The third-order valence-electron chi connectivity index (χ3n) is 5.81. The lowest BCUT2D eigenvalue weighted by Gasteiger charge is -2.30. The molecule has 0 bridgehead atoms. The van der Waals surface area contributed by atoms with Gasteiger partial charge in [-0.15, -0.1) is 0 Å². The topological polar surface area (TPSA) is 98.6 Å². The second-order valence-corrected chi connectivity index (χ2v) is 8.29. The van der Waals surface area contributed by atoms with Gasteiger partial charge in [-0.3, -0.25) is 0 Å². The van der Waals surface area contributed by atoms with Gasteiger partial charge in [0.2, 0.25) is 17.8 Å². The minimum Gasteiger partial charge on any atom is -0.508 e. The number of nitrogens with zero attached hydrogens (tertiary/aromatic N) is 5. The molecule has 4 rings (SSSR count). The van der Waals surface area contributed by atoms with Crippen molar-refractivity contribution in [2.75, 3.05) is 28.7 Å². The van der Waals surface area contributed by atoms with Crippen LogP contribution in [-0.4, -0.2) is 39.4 Å². The highest BCUT2D eigenvalue weighted by atomic mass is 16.3. The predicted molar refractivity (Wildman–Crippen MR) is 129 cm³/mol. The van der Waals surface area contributed by atoms with Crippen LogP contribution in [0.5, 0.6) is 5.75 Å². The molecule has 3 N–H and O–H groups in total. The van der Waals surface area contributed by atoms with Crippen LogP contribution in [0.3, 0.4) is 0 Å². The van der Waals surface area contributed by atoms with Crippen molar-refractivity contribution in [1.82, 2.24) is 15.0 Å². The highest BCUT2D eigenvalue weighted by Crippen LogP contribution is 2.25. The SMILES string of the molecule is Cc1cccc(Nc2nc(N/N=C/c3ccc(O)cc3)nc(N3CCC(C)CC3)n2)c1C. The normalized spacial score (nSPS) is 14.7. The van der Waals surface area contributed by atoms with Crippen molar-refractivity contribution in [3.8, 4) is 5.75 Å². The van der Waals surface area contributed by atoms with Crippen molar-refractivity contribution in [3.05, 3.63) is 59.2 Å². The van der Waals surface area contributed by atoms with Crippen LogP contribution in [-0.2, 0) is 0 Å². The summed E-state index contributed by atoms with van der Waals surface area (Å²) in [6.07, 6.45) is 3.89. The van der Waals surface area contributed by atoms with E-state index < -0.39 is 0 Å². The molecule has 1 aliphatic heterocycles. The Morgan fingerprint density at radius 1 is 1.00 bits per heavy atom. The maximum Gasteiger partial charge on any atom is 0.250 e. The number of piperidine rings is 1. The molecule has 0 saturated carbocycles. The molecule has 0 amide bonds. The maximum atomic E-state index is 9.42. The number of phenols is 1. The number of hydrazone groups is 1. The Kier molecular flexibility index (Phi) is 6.49. The summed E-state index contributed by atoms with van der Waals surface area (Å²) in [4.78, 5) is 16.0. The van der Waals surface area contributed by atoms with E-state index >= 15 is 0 Å². The molecular formula is C24H29N7O. The zero-order valence-corrected chi connectivity index (χ0v) is 18.7. The van der Waals surface area contributed by atoms with Crippen LogP contribution in [0.25, 0.3) is 0 Å². The largest absolute Gasteiger partial charge is 0.508 e. The van der Waals surface area contributed by atoms with Crippen molar-refractivity contribution in [1.29, 1.82) is 0 Å². The number of rotatable bonds is 6. The van der Waals surface area contributed by atoms with Gasteiger partial charge in [0.25, 0.3) is 0 Å². The summed E-state index contributed by atoms with van der Waals surface area (Å²) in [7, 11) is 0. The van der Waals surface area contributed by atoms with Crippen LogP contribution in [0.2, 0.25) is 0 Å². The Balaban J connectivity index is 1.59. The summed E-state index contributed by atoms with van der Waals surface area (Å²) in [5, 5.41) is 17.0. The van der Waals surface area contributed by atoms with Gasteiger partial charge in [0.15, 0.2) is 0 Å². The van der Waals surface area contributed by atoms with Crippen LogP contribution in [0, 0.1) is 19.8 Å². The average Bonchev–Trinajstić information content (AvgIpc) is 2.79. The molecular weight excluding hydrogens is 402 g/mol. The van der Waals surface area contributed by atoms with Crippen LogP contribution in [0.1, 0.15) is 36.5 Å². The number of hydrogen-bond donors (Lipinski definition) is 3. The van der Waals surface area contributed by atoms with E-state index in [1.54, 1.807) is 30.5 Å². The molecule has 2 aromatic carbocycles. The quantitative estimate of drug-likeness (QED) is 0.387. The van der Waals surface area contributed by atoms with Crippen molar-refractivity contribution < 1.29 is 5.11 Å². The number of nitrogens with one attached hydrogen (secondary N) is 2. The van der Waals surface area contributed by atoms with Crippen LogP contribution in [0.4, 0.5) is 23.5 Å². The number of anilines is 4. The highest BCUT2D eigenvalue weighted by Gasteiger charge is 2.20. The van der Waals surface area contributed by atoms with Gasteiger partial charge >= 0.3 is 0 Å². The van der Waals surface area contributed by atoms with Crippen LogP contribution < -0.4 is 15.6 Å². The average molecular weight is 432 g/mol. The van der Waals surface area contributed by atoms with E-state index in [2.05, 4.69) is 57.5 Å². The zero-order chi connectivity index (χ0) is 22.5. The monoisotopic (exact) mass is 431 g/mol. The lowest BCUT2D eigenvalue weighted by Crippen LogP contribution is -2.34. The molecule has 0 aliphatic carbocycles. The second kappa shape index (κ2) is 9.64. The van der Waals surface area contributed by atoms with E-state index in [1.807, 2.05) is 12.1 Å². The Labute approximate surface area is 188 Å². The van der Waals surface area contributed by atoms with Crippen molar-refractivity contribution in [2.45, 2.75) is 33.6 Å². The molecule has 0 unspecified atom stereocenters. The van der Waals surface area contributed by atoms with Gasteiger partial charge in [-0.25, -0.2) is 5.43 Å². The molecule has 1 fully saturated rings. The van der Waals surface area contributed by atoms with Crippen molar-refractivity contribution in [2.24, 2.45) is 11.0 Å². The van der Waals surface area contributed by atoms with Gasteiger partial charge in [0.05, 0.1) is 6.21 Å². The third-order valence-corrected chi connectivity index (χ3v) is 5.81. The van der Waals surface area contributed by atoms with E-state index in [1.165, 1.54) is 5.56 Å². The summed E-state index contributed by atoms with van der Waals surface area (Å²) in [6, 6.07) is 12.9. The standard InChI is InChI=1S/C24H29N7O/c1-16-11-13-31(14-12-16)24-28-22(26-21-6-4-5-17(2)18(21)3)27-23(29-24)30-25-15-19-7-9-20(32)10-8-19/h4-10,15-16,32H,11-14H2,1-3H3,(H2,26,27,28,29,30)/b25-15+. The molecule has 0 radical (unpaired) electrons. The summed E-state index contributed by atoms with van der Waals surface area (Å²) in [6.45, 7) is 8.28. The van der Waals surface area contributed by atoms with E-state index in [-0.39, 0.29) is 5.75 Å². The lowest BCUT2D eigenvalue weighted by molar-refractivity contribution is 0.434. The first-order chi connectivity index (χ1) is 15.5. The molecule has 0 spiro atoms. The van der Waals surface area contributed by atoms with Crippen molar-refractivity contribution in [3.63, 3.8) is 0 Å². The Morgan fingerprint density at radius 3 is 2.47 bits per heavy atom. The maximum absolute atomic E-state index is 9.42. The number of aryl methyl sites for hydroxylation is 1. The highest BCUT2D eigenvalue weighted by molar-refractivity contribution is 5.80. The lowest BCUT2D eigenvalue weighted by atomic mass is 10.00. The Hall–Kier alpha value is -3.68. The Bertz CT molecular complexity index is 1090. The first-order valence-corrected chi connectivity index (χ1v) is 10.9. The third kappa shape index (κ3) is 5.32. The van der Waals surface area contributed by atoms with Gasteiger partial charge in [0, 0.05) is 18.8 Å². The summed E-state index contributed by atoms with van der Waals surface area (Å²) < 4.78 is 0. The molecule has 8 nitrogen and oxygen atoms in total. The van der Waals surface area contributed by atoms with Crippen molar-refractivity contribution >= 4 is 29.7 Å². The number of benzene rings is 2. The first kappa shape index (κ1) is 21.5. The smallest absolute Gasteiger partial charge is 0.250 e. The zero-order valence-electron chi connectivity index (χ0n) is 18.7. The van der Waals surface area contributed by atoms with Gasteiger partial charge in [-0.1, -0.05) is 19.1 Å². The predicted octanol–water partition coefficient (Wildman–Crippen LogP) is 4.62. The summed E-state index contributed by atoms with van der Waals surface area (Å²) in [5.41, 5.74) is 7.10. The first-order valence-electron chi connectivity index (χ1n) is 10.9. The summed E-state index contributed by atoms with van der Waals surface area (Å²) in [5.74, 6) is 2.42. The number of aromatic hydroxyl groups is 1. The fourth-order valence-corrected chi connectivity index (χ4v) is 3.55. The Morgan fingerprint density at radius 2 is 1.72 bits per heavy atom.